The summed E-state index contributed by atoms with van der Waals surface area (Å²) in [6.07, 6.45) is -9.65. The van der Waals surface area contributed by atoms with Crippen molar-refractivity contribution in [1.82, 2.24) is 0 Å². The fourth-order valence-electron chi connectivity index (χ4n) is 1.84. The van der Waals surface area contributed by atoms with E-state index in [1.165, 1.54) is 13.0 Å². The van der Waals surface area contributed by atoms with Gasteiger partial charge in [-0.3, -0.25) is 0 Å². The molecule has 0 radical (unpaired) electrons. The third-order valence-corrected chi connectivity index (χ3v) is 3.20. The zero-order valence-electron chi connectivity index (χ0n) is 9.49. The average Bonchev–Trinajstić information content (AvgIpc) is 2.10. The first kappa shape index (κ1) is 15.5. The van der Waals surface area contributed by atoms with E-state index in [0.29, 0.717) is 0 Å². The van der Waals surface area contributed by atoms with Gasteiger partial charge in [-0.05, 0) is 31.1 Å². The highest BCUT2D eigenvalue weighted by Crippen LogP contribution is 2.42. The van der Waals surface area contributed by atoms with Gasteiger partial charge in [0, 0.05) is 5.57 Å². The van der Waals surface area contributed by atoms with Crippen molar-refractivity contribution >= 4 is 12.6 Å². The number of hydrogen-bond acceptors (Lipinski definition) is 1. The van der Waals surface area contributed by atoms with Gasteiger partial charge in [-0.25, -0.2) is 0 Å². The van der Waals surface area contributed by atoms with Crippen LogP contribution >= 0.6 is 12.6 Å². The number of thiol groups is 1. The molecule has 0 saturated heterocycles. The molecule has 1 aliphatic carbocycles. The zero-order chi connectivity index (χ0) is 14.1. The maximum Gasteiger partial charge on any atom is 0.412 e. The fourth-order valence-corrected chi connectivity index (χ4v) is 2.18. The Bertz CT molecular complexity index is 374. The topological polar surface area (TPSA) is 0 Å². The molecule has 0 aromatic carbocycles. The van der Waals surface area contributed by atoms with Gasteiger partial charge in [-0.2, -0.15) is 26.3 Å². The normalized spacial score (nSPS) is 30.4. The third kappa shape index (κ3) is 3.96. The van der Waals surface area contributed by atoms with Crippen molar-refractivity contribution < 1.29 is 26.3 Å². The molecule has 1 unspecified atom stereocenters. The maximum atomic E-state index is 12.7. The Balaban J connectivity index is 3.16. The molecule has 0 N–H and O–H groups in total. The van der Waals surface area contributed by atoms with E-state index in [0.717, 1.165) is 0 Å². The van der Waals surface area contributed by atoms with Gasteiger partial charge >= 0.3 is 12.4 Å². The molecule has 0 spiro atoms. The van der Waals surface area contributed by atoms with Gasteiger partial charge in [0.05, 0.1) is 5.92 Å². The molecule has 104 valence electrons. The van der Waals surface area contributed by atoms with Gasteiger partial charge in [-0.1, -0.05) is 11.6 Å². The van der Waals surface area contributed by atoms with Crippen LogP contribution in [-0.4, -0.2) is 12.4 Å². The van der Waals surface area contributed by atoms with E-state index >= 15 is 0 Å². The SMILES string of the molecule is C/C1=C(\C(F)(F)F)CC(C(F)(F)F)C/C=C(/S)C1. The molecule has 0 aromatic heterocycles. The van der Waals surface area contributed by atoms with Crippen LogP contribution in [0.5, 0.6) is 0 Å². The average molecular weight is 290 g/mol. The van der Waals surface area contributed by atoms with Crippen molar-refractivity contribution in [1.29, 1.82) is 0 Å². The molecule has 7 heteroatoms. The van der Waals surface area contributed by atoms with Crippen molar-refractivity contribution in [2.75, 3.05) is 0 Å². The standard InChI is InChI=1S/C11H12F6S/c1-6-4-8(18)3-2-7(10(12,13)14)5-9(6)11(15,16)17/h3,7,18H,2,4-5H2,1H3/b8-3+,9-6+. The second-order valence-electron chi connectivity index (χ2n) is 4.31. The summed E-state index contributed by atoms with van der Waals surface area (Å²) in [7, 11) is 0. The Morgan fingerprint density at radius 1 is 1.17 bits per heavy atom. The Kier molecular flexibility index (Phi) is 4.46. The highest BCUT2D eigenvalue weighted by Gasteiger charge is 2.45. The van der Waals surface area contributed by atoms with Gasteiger partial charge in [0.15, 0.2) is 0 Å². The Hall–Kier alpha value is -0.590. The van der Waals surface area contributed by atoms with Crippen LogP contribution in [0.1, 0.15) is 26.2 Å². The monoisotopic (exact) mass is 290 g/mol. The summed E-state index contributed by atoms with van der Waals surface area (Å²) in [5.74, 6) is -2.01. The minimum absolute atomic E-state index is 0.0530. The number of rotatable bonds is 0. The molecule has 0 bridgehead atoms. The van der Waals surface area contributed by atoms with Gasteiger partial charge in [0.2, 0.25) is 0 Å². The summed E-state index contributed by atoms with van der Waals surface area (Å²) < 4.78 is 76.0. The van der Waals surface area contributed by atoms with Crippen molar-refractivity contribution in [3.05, 3.63) is 22.1 Å². The predicted molar refractivity (Wildman–Crippen MR) is 59.2 cm³/mol. The summed E-state index contributed by atoms with van der Waals surface area (Å²) in [5, 5.41) is 0. The van der Waals surface area contributed by atoms with Gasteiger partial charge in [0.1, 0.15) is 0 Å². The van der Waals surface area contributed by atoms with Gasteiger partial charge < -0.3 is 0 Å². The van der Waals surface area contributed by atoms with Crippen molar-refractivity contribution in [2.24, 2.45) is 5.92 Å². The molecule has 0 heterocycles. The van der Waals surface area contributed by atoms with Crippen LogP contribution in [-0.2, 0) is 0 Å². The van der Waals surface area contributed by atoms with Crippen molar-refractivity contribution in [3.63, 3.8) is 0 Å². The molecule has 1 rings (SSSR count). The van der Waals surface area contributed by atoms with E-state index in [1.54, 1.807) is 0 Å². The molecule has 0 aliphatic heterocycles. The number of halogens is 6. The second-order valence-corrected chi connectivity index (χ2v) is 4.88. The lowest BCUT2D eigenvalue weighted by Gasteiger charge is -2.25. The summed E-state index contributed by atoms with van der Waals surface area (Å²) in [6.45, 7) is 1.20. The summed E-state index contributed by atoms with van der Waals surface area (Å²) in [5.41, 5.74) is -1.18. The molecular weight excluding hydrogens is 278 g/mol. The van der Waals surface area contributed by atoms with Crippen LogP contribution in [0, 0.1) is 5.92 Å². The van der Waals surface area contributed by atoms with Crippen LogP contribution in [0.25, 0.3) is 0 Å². The van der Waals surface area contributed by atoms with Crippen LogP contribution in [0.4, 0.5) is 26.3 Å². The molecular formula is C11H12F6S. The van der Waals surface area contributed by atoms with Gasteiger partial charge in [0.25, 0.3) is 0 Å². The highest BCUT2D eigenvalue weighted by molar-refractivity contribution is 7.84. The lowest BCUT2D eigenvalue weighted by Crippen LogP contribution is -2.27. The quantitative estimate of drug-likeness (QED) is 0.360. The highest BCUT2D eigenvalue weighted by atomic mass is 32.1. The van der Waals surface area contributed by atoms with Gasteiger partial charge in [-0.15, -0.1) is 12.6 Å². The summed E-state index contributed by atoms with van der Waals surface area (Å²) >= 11 is 3.90. The minimum Gasteiger partial charge on any atom is -0.171 e. The van der Waals surface area contributed by atoms with E-state index in [4.69, 9.17) is 0 Å². The van der Waals surface area contributed by atoms with Crippen molar-refractivity contribution in [2.45, 2.75) is 38.5 Å². The molecule has 0 fully saturated rings. The van der Waals surface area contributed by atoms with E-state index < -0.39 is 36.7 Å². The van der Waals surface area contributed by atoms with Crippen LogP contribution in [0.3, 0.4) is 0 Å². The van der Waals surface area contributed by atoms with E-state index in [9.17, 15) is 26.3 Å². The molecule has 1 atom stereocenters. The maximum absolute atomic E-state index is 12.7. The fraction of sp³-hybridized carbons (Fsp3) is 0.636. The van der Waals surface area contributed by atoms with Crippen molar-refractivity contribution in [3.8, 4) is 0 Å². The van der Waals surface area contributed by atoms with Crippen LogP contribution < -0.4 is 0 Å². The molecule has 18 heavy (non-hydrogen) atoms. The molecule has 0 amide bonds. The lowest BCUT2D eigenvalue weighted by molar-refractivity contribution is -0.177. The minimum atomic E-state index is -4.72. The largest absolute Gasteiger partial charge is 0.412 e. The first-order valence-electron chi connectivity index (χ1n) is 5.22. The molecule has 0 aromatic rings. The Labute approximate surface area is 106 Å². The predicted octanol–water partition coefficient (Wildman–Crippen LogP) is 5.04. The molecule has 0 saturated carbocycles. The number of alkyl halides is 6. The molecule has 1 aliphatic rings. The van der Waals surface area contributed by atoms with E-state index in [2.05, 4.69) is 12.6 Å². The zero-order valence-corrected chi connectivity index (χ0v) is 10.4. The third-order valence-electron chi connectivity index (χ3n) is 2.86. The van der Waals surface area contributed by atoms with Crippen LogP contribution in [0.2, 0.25) is 0 Å². The first-order chi connectivity index (χ1) is 8.01. The smallest absolute Gasteiger partial charge is 0.171 e. The summed E-state index contributed by atoms with van der Waals surface area (Å²) in [4.78, 5) is 0.239. The Morgan fingerprint density at radius 2 is 1.72 bits per heavy atom. The number of allylic oxidation sites excluding steroid dienone is 4. The molecule has 0 nitrogen and oxygen atoms in total. The number of hydrogen-bond donors (Lipinski definition) is 1. The second kappa shape index (κ2) is 5.19. The summed E-state index contributed by atoms with van der Waals surface area (Å²) in [6, 6.07) is 0. The van der Waals surface area contributed by atoms with E-state index in [-0.39, 0.29) is 16.9 Å². The lowest BCUT2D eigenvalue weighted by atomic mass is 9.89. The Morgan fingerprint density at radius 3 is 2.17 bits per heavy atom. The van der Waals surface area contributed by atoms with E-state index in [1.807, 2.05) is 0 Å². The van der Waals surface area contributed by atoms with Crippen LogP contribution in [0.15, 0.2) is 22.1 Å². The first-order valence-corrected chi connectivity index (χ1v) is 5.67.